The van der Waals surface area contributed by atoms with Crippen LogP contribution in [0.5, 0.6) is 0 Å². The van der Waals surface area contributed by atoms with Crippen LogP contribution in [0.25, 0.3) is 21.9 Å². The van der Waals surface area contributed by atoms with Crippen molar-refractivity contribution in [2.24, 2.45) is 13.0 Å². The molecule has 0 radical (unpaired) electrons. The second-order valence-corrected chi connectivity index (χ2v) is 18.7. The first kappa shape index (κ1) is 43.8. The number of fused-ring (bicyclic) bond motifs is 2. The van der Waals surface area contributed by atoms with Gasteiger partial charge in [0.1, 0.15) is 17.4 Å². The molecule has 1 saturated carbocycles. The van der Waals surface area contributed by atoms with Crippen molar-refractivity contribution in [1.82, 2.24) is 39.0 Å². The second-order valence-electron chi connectivity index (χ2n) is 18.7. The van der Waals surface area contributed by atoms with Gasteiger partial charge in [-0.15, -0.1) is 0 Å². The minimum atomic E-state index is -4.70. The summed E-state index contributed by atoms with van der Waals surface area (Å²) in [5.74, 6) is -1.03. The van der Waals surface area contributed by atoms with E-state index in [9.17, 15) is 37.5 Å². The Balaban J connectivity index is 0.799. The molecule has 6 heterocycles. The van der Waals surface area contributed by atoms with Crippen LogP contribution in [0.2, 0.25) is 0 Å². The van der Waals surface area contributed by atoms with Crippen LogP contribution in [0.15, 0.2) is 59.5 Å². The van der Waals surface area contributed by atoms with Crippen LogP contribution in [0.4, 0.5) is 18.9 Å². The van der Waals surface area contributed by atoms with Crippen molar-refractivity contribution in [2.45, 2.75) is 101 Å². The molecule has 0 bridgehead atoms. The molecule has 1 spiro atoms. The smallest absolute Gasteiger partial charge is 0.386 e. The van der Waals surface area contributed by atoms with Crippen LogP contribution in [0.1, 0.15) is 105 Å². The maximum atomic E-state index is 13.5. The number of aromatic nitrogens is 5. The lowest BCUT2D eigenvalue weighted by Crippen LogP contribution is -2.57. The number of rotatable bonds is 9. The SMILES string of the molecule is Cn1c(=O)n(C2CCC(=O)NC2=O)c2cccc(CN3CCOC4(CCN(C[C@H]5CC[C@H](n6cc7cc(NC(=O)c8cccc(C(F)(F)F)n8)c(C(C)(C)O)cc7n6)CC5)CC4)C3)c21. The van der Waals surface area contributed by atoms with Crippen LogP contribution in [-0.2, 0) is 39.7 Å². The van der Waals surface area contributed by atoms with E-state index in [1.54, 1.807) is 37.6 Å². The lowest BCUT2D eigenvalue weighted by Gasteiger charge is -2.48. The van der Waals surface area contributed by atoms with E-state index in [4.69, 9.17) is 9.84 Å². The van der Waals surface area contributed by atoms with Crippen molar-refractivity contribution in [3.8, 4) is 0 Å². The van der Waals surface area contributed by atoms with Gasteiger partial charge in [0, 0.05) is 75.6 Å². The van der Waals surface area contributed by atoms with E-state index >= 15 is 0 Å². The Hall–Kier alpha value is -5.43. The van der Waals surface area contributed by atoms with Crippen LogP contribution in [-0.4, -0.2) is 101 Å². The zero-order valence-corrected chi connectivity index (χ0v) is 36.3. The molecule has 2 aromatic carbocycles. The number of aliphatic hydroxyl groups is 1. The first-order chi connectivity index (χ1) is 30.4. The van der Waals surface area contributed by atoms with Gasteiger partial charge in [-0.05, 0) is 101 Å². The van der Waals surface area contributed by atoms with Crippen LogP contribution < -0.4 is 16.3 Å². The molecule has 64 heavy (non-hydrogen) atoms. The molecule has 3 N–H and O–H groups in total. The molecule has 3 amide bonds. The van der Waals surface area contributed by atoms with Crippen molar-refractivity contribution in [3.05, 3.63) is 87.7 Å². The van der Waals surface area contributed by atoms with Gasteiger partial charge < -0.3 is 20.1 Å². The van der Waals surface area contributed by atoms with E-state index in [2.05, 4.69) is 25.4 Å². The lowest BCUT2D eigenvalue weighted by atomic mass is 9.84. The van der Waals surface area contributed by atoms with Gasteiger partial charge in [-0.2, -0.15) is 18.3 Å². The van der Waals surface area contributed by atoms with E-state index in [1.807, 2.05) is 29.1 Å². The molecule has 1 atom stereocenters. The van der Waals surface area contributed by atoms with Crippen molar-refractivity contribution in [2.75, 3.05) is 44.6 Å². The average Bonchev–Trinajstić information content (AvgIpc) is 3.79. The number of halogens is 3. The van der Waals surface area contributed by atoms with Gasteiger partial charge in [0.05, 0.1) is 40.4 Å². The molecular formula is C46H54F3N9O6. The second kappa shape index (κ2) is 16.8. The monoisotopic (exact) mass is 885 g/mol. The molecule has 4 fully saturated rings. The fourth-order valence-electron chi connectivity index (χ4n) is 10.4. The van der Waals surface area contributed by atoms with Gasteiger partial charge in [0.25, 0.3) is 5.91 Å². The van der Waals surface area contributed by atoms with Crippen molar-refractivity contribution in [3.63, 3.8) is 0 Å². The normalized spacial score (nSPS) is 22.6. The zero-order valence-electron chi connectivity index (χ0n) is 36.3. The van der Waals surface area contributed by atoms with Gasteiger partial charge >= 0.3 is 11.9 Å². The summed E-state index contributed by atoms with van der Waals surface area (Å²) in [6.45, 7) is 8.91. The summed E-state index contributed by atoms with van der Waals surface area (Å²) in [6, 6.07) is 11.9. The molecule has 3 aromatic heterocycles. The number of hydrogen-bond donors (Lipinski definition) is 3. The molecule has 5 aromatic rings. The Bertz CT molecular complexity index is 2670. The number of morpholine rings is 1. The zero-order chi connectivity index (χ0) is 45.1. The number of imidazole rings is 1. The van der Waals surface area contributed by atoms with Crippen molar-refractivity contribution < 1.29 is 37.4 Å². The van der Waals surface area contributed by atoms with Gasteiger partial charge in [-0.25, -0.2) is 9.78 Å². The number of carbonyl (C=O) groups excluding carboxylic acids is 3. The molecular weight excluding hydrogens is 832 g/mol. The highest BCUT2D eigenvalue weighted by Gasteiger charge is 2.41. The third kappa shape index (κ3) is 8.72. The summed E-state index contributed by atoms with van der Waals surface area (Å²) in [7, 11) is 1.74. The molecule has 18 heteroatoms. The maximum absolute atomic E-state index is 13.5. The number of benzene rings is 2. The van der Waals surface area contributed by atoms with Crippen LogP contribution in [0.3, 0.4) is 0 Å². The summed E-state index contributed by atoms with van der Waals surface area (Å²) < 4.78 is 51.6. The number of nitrogens with one attached hydrogen (secondary N) is 2. The number of anilines is 1. The summed E-state index contributed by atoms with van der Waals surface area (Å²) in [5.41, 5.74) is 0.359. The number of carbonyl (C=O) groups is 3. The Labute approximate surface area is 367 Å². The quantitative estimate of drug-likeness (QED) is 0.157. The number of piperidine rings is 2. The molecule has 3 aliphatic heterocycles. The van der Waals surface area contributed by atoms with E-state index in [1.165, 1.54) is 10.6 Å². The number of aryl methyl sites for hydroxylation is 1. The van der Waals surface area contributed by atoms with E-state index in [0.717, 1.165) is 99.8 Å². The first-order valence-corrected chi connectivity index (χ1v) is 22.2. The third-order valence-corrected chi connectivity index (χ3v) is 13.7. The van der Waals surface area contributed by atoms with Crippen molar-refractivity contribution >= 4 is 45.3 Å². The number of amides is 3. The standard InChI is InChI=1S/C46H54F3N9O6/c1-44(2,63)32-23-34-30(22-35(32)51-41(60)33-7-5-9-38(50-33)46(47,48)49)26-57(53-34)31-12-10-28(11-13-31)24-55-18-16-45(17-19-55)27-56(20-21-64-45)25-29-6-4-8-36-40(29)54(3)43(62)58(36)37-14-15-39(59)52-42(37)61/h4-9,22-23,26,28,31,37,63H,10-21,24-25,27H2,1-3H3,(H,51,60)(H,52,59,61)/t28-,31-,37?. The maximum Gasteiger partial charge on any atom is 0.433 e. The predicted molar refractivity (Wildman–Crippen MR) is 231 cm³/mol. The summed E-state index contributed by atoms with van der Waals surface area (Å²) in [6.07, 6.45) is 3.58. The van der Waals surface area contributed by atoms with Crippen LogP contribution >= 0.6 is 0 Å². The summed E-state index contributed by atoms with van der Waals surface area (Å²) in [4.78, 5) is 59.7. The number of imide groups is 1. The predicted octanol–water partition coefficient (Wildman–Crippen LogP) is 5.66. The van der Waals surface area contributed by atoms with Gasteiger partial charge in [0.2, 0.25) is 11.8 Å². The summed E-state index contributed by atoms with van der Waals surface area (Å²) >= 11 is 0. The molecule has 9 rings (SSSR count). The Morgan fingerprint density at radius 2 is 1.73 bits per heavy atom. The number of hydrogen-bond acceptors (Lipinski definition) is 10. The molecule has 1 aliphatic carbocycles. The Morgan fingerprint density at radius 1 is 0.984 bits per heavy atom. The Morgan fingerprint density at radius 3 is 2.45 bits per heavy atom. The van der Waals surface area contributed by atoms with E-state index in [-0.39, 0.29) is 41.0 Å². The largest absolute Gasteiger partial charge is 0.433 e. The number of pyridine rings is 1. The van der Waals surface area contributed by atoms with Gasteiger partial charge in [0.15, 0.2) is 0 Å². The van der Waals surface area contributed by atoms with Gasteiger partial charge in [-0.1, -0.05) is 18.2 Å². The average molecular weight is 886 g/mol. The van der Waals surface area contributed by atoms with Crippen molar-refractivity contribution in [1.29, 1.82) is 0 Å². The van der Waals surface area contributed by atoms with Gasteiger partial charge in [-0.3, -0.25) is 38.4 Å². The first-order valence-electron chi connectivity index (χ1n) is 22.2. The molecule has 1 unspecified atom stereocenters. The molecule has 340 valence electrons. The summed E-state index contributed by atoms with van der Waals surface area (Å²) in [5, 5.41) is 21.7. The van der Waals surface area contributed by atoms with E-state index in [0.29, 0.717) is 42.1 Å². The number of likely N-dealkylation sites (tertiary alicyclic amines) is 1. The fraction of sp³-hybridized carbons (Fsp3) is 0.522. The lowest BCUT2D eigenvalue weighted by molar-refractivity contribution is -0.141. The molecule has 15 nitrogen and oxygen atoms in total. The number of nitrogens with zero attached hydrogens (tertiary/aromatic N) is 7. The van der Waals surface area contributed by atoms with Crippen LogP contribution in [0, 0.1) is 5.92 Å². The third-order valence-electron chi connectivity index (χ3n) is 13.7. The molecule has 4 aliphatic rings. The fourth-order valence-corrected chi connectivity index (χ4v) is 10.4. The topological polar surface area (TPSA) is 169 Å². The molecule has 3 saturated heterocycles. The highest BCUT2D eigenvalue weighted by Crippen LogP contribution is 2.38. The number of ether oxygens (including phenoxy) is 1. The Kier molecular flexibility index (Phi) is 11.5. The highest BCUT2D eigenvalue weighted by molar-refractivity contribution is 6.04. The minimum Gasteiger partial charge on any atom is -0.386 e. The number of alkyl halides is 3. The minimum absolute atomic E-state index is 0.178. The number of para-hydroxylation sites is 1. The van der Waals surface area contributed by atoms with E-state index < -0.39 is 35.3 Å². The highest BCUT2D eigenvalue weighted by atomic mass is 19.4.